The summed E-state index contributed by atoms with van der Waals surface area (Å²) in [5.41, 5.74) is 0. The summed E-state index contributed by atoms with van der Waals surface area (Å²) in [5.74, 6) is 1.23. The number of unbranched alkanes of at least 4 members (excludes halogenated alkanes) is 1. The van der Waals surface area contributed by atoms with Gasteiger partial charge in [-0.15, -0.1) is 0 Å². The molecule has 1 aliphatic heterocycles. The molecule has 0 radical (unpaired) electrons. The normalized spacial score (nSPS) is 30.2. The van der Waals surface area contributed by atoms with Crippen molar-refractivity contribution in [3.8, 4) is 0 Å². The highest BCUT2D eigenvalue weighted by Crippen LogP contribution is 2.35. The molecular weight excluding hydrogens is 562 g/mol. The van der Waals surface area contributed by atoms with Crippen molar-refractivity contribution < 1.29 is 9.47 Å². The molecule has 266 valence electrons. The number of ether oxygens (including phenoxy) is 2. The van der Waals surface area contributed by atoms with Gasteiger partial charge in [0.15, 0.2) is 5.79 Å². The molecule has 2 rings (SSSR count). The standard InChI is InChI=1S/C43H77NO2/c1-5-7-32-41-34-28-24-20-16-12-10-14-18-22-26-30-37-43(45-39-42(46-43)35-38-44(3)4)36-29-25-21-17-13-9-8-11-15-19-23-27-33-40(41)31-6-2/h9-10,13-14,23,27-28,34,40-42H,5-8,11-12,15-22,24-26,29-33,35-39H2,1-4H3/b13-9?,14-10-,27-23-,34-28-/t40?,41?,42-,43?/m0/s1. The zero-order valence-electron chi connectivity index (χ0n) is 31.2. The molecule has 2 aliphatic rings. The molecule has 1 heterocycles. The lowest BCUT2D eigenvalue weighted by Crippen LogP contribution is -2.31. The highest BCUT2D eigenvalue weighted by atomic mass is 16.7. The second-order valence-corrected chi connectivity index (χ2v) is 14.8. The fraction of sp³-hybridized carbons (Fsp3) is 0.814. The zero-order valence-corrected chi connectivity index (χ0v) is 31.2. The molecule has 0 N–H and O–H groups in total. The Balaban J connectivity index is 1.88. The van der Waals surface area contributed by atoms with Crippen LogP contribution in [0.25, 0.3) is 0 Å². The molecule has 4 atom stereocenters. The second kappa shape index (κ2) is 27.8. The van der Waals surface area contributed by atoms with E-state index >= 15 is 0 Å². The largest absolute Gasteiger partial charge is 0.347 e. The van der Waals surface area contributed by atoms with Crippen molar-refractivity contribution in [3.63, 3.8) is 0 Å². The third-order valence-electron chi connectivity index (χ3n) is 10.1. The van der Waals surface area contributed by atoms with Gasteiger partial charge in [-0.1, -0.05) is 94.6 Å². The Morgan fingerprint density at radius 1 is 0.609 bits per heavy atom. The van der Waals surface area contributed by atoms with Crippen LogP contribution in [-0.2, 0) is 9.47 Å². The van der Waals surface area contributed by atoms with Crippen molar-refractivity contribution in [1.29, 1.82) is 0 Å². The number of hydrogen-bond acceptors (Lipinski definition) is 3. The van der Waals surface area contributed by atoms with Crippen LogP contribution in [0.2, 0.25) is 0 Å². The Bertz CT molecular complexity index is 814. The van der Waals surface area contributed by atoms with Gasteiger partial charge in [-0.05, 0) is 142 Å². The van der Waals surface area contributed by atoms with Gasteiger partial charge in [-0.3, -0.25) is 0 Å². The topological polar surface area (TPSA) is 21.7 Å². The molecule has 0 aromatic carbocycles. The Kier molecular flexibility index (Phi) is 24.7. The Morgan fingerprint density at radius 2 is 1.15 bits per heavy atom. The lowest BCUT2D eigenvalue weighted by Gasteiger charge is -2.28. The highest BCUT2D eigenvalue weighted by Gasteiger charge is 2.40. The fourth-order valence-corrected chi connectivity index (χ4v) is 7.20. The maximum atomic E-state index is 6.66. The van der Waals surface area contributed by atoms with E-state index in [4.69, 9.17) is 9.47 Å². The van der Waals surface area contributed by atoms with Gasteiger partial charge in [0.05, 0.1) is 12.7 Å². The van der Waals surface area contributed by atoms with Crippen LogP contribution in [-0.4, -0.2) is 44.0 Å². The Hall–Kier alpha value is -1.16. The van der Waals surface area contributed by atoms with Gasteiger partial charge in [-0.25, -0.2) is 0 Å². The quantitative estimate of drug-likeness (QED) is 0.247. The van der Waals surface area contributed by atoms with Crippen LogP contribution in [0.15, 0.2) is 48.6 Å². The number of allylic oxidation sites excluding steroid dienone is 8. The Labute approximate surface area is 287 Å². The molecule has 3 heteroatoms. The first-order valence-corrected chi connectivity index (χ1v) is 20.2. The van der Waals surface area contributed by atoms with Gasteiger partial charge >= 0.3 is 0 Å². The molecule has 46 heavy (non-hydrogen) atoms. The molecular formula is C43H77NO2. The predicted octanol–water partition coefficient (Wildman–Crippen LogP) is 12.9. The third kappa shape index (κ3) is 20.3. The van der Waals surface area contributed by atoms with Gasteiger partial charge in [-0.2, -0.15) is 0 Å². The summed E-state index contributed by atoms with van der Waals surface area (Å²) in [6.07, 6.45) is 51.3. The summed E-state index contributed by atoms with van der Waals surface area (Å²) in [7, 11) is 4.29. The van der Waals surface area contributed by atoms with E-state index in [9.17, 15) is 0 Å². The van der Waals surface area contributed by atoms with E-state index in [2.05, 4.69) is 81.5 Å². The average molecular weight is 640 g/mol. The van der Waals surface area contributed by atoms with Gasteiger partial charge < -0.3 is 14.4 Å². The first kappa shape index (κ1) is 41.0. The molecule has 3 nitrogen and oxygen atoms in total. The van der Waals surface area contributed by atoms with Crippen molar-refractivity contribution in [1.82, 2.24) is 4.90 Å². The summed E-state index contributed by atoms with van der Waals surface area (Å²) < 4.78 is 13.1. The molecule has 0 bridgehead atoms. The lowest BCUT2D eigenvalue weighted by molar-refractivity contribution is -0.180. The molecule has 3 unspecified atom stereocenters. The van der Waals surface area contributed by atoms with Crippen molar-refractivity contribution in [2.24, 2.45) is 11.8 Å². The van der Waals surface area contributed by atoms with Crippen LogP contribution in [0.5, 0.6) is 0 Å². The molecule has 0 amide bonds. The van der Waals surface area contributed by atoms with Crippen LogP contribution >= 0.6 is 0 Å². The van der Waals surface area contributed by atoms with E-state index in [1.807, 2.05) is 0 Å². The van der Waals surface area contributed by atoms with Crippen molar-refractivity contribution in [2.75, 3.05) is 27.2 Å². The van der Waals surface area contributed by atoms with Crippen LogP contribution in [0.4, 0.5) is 0 Å². The summed E-state index contributed by atoms with van der Waals surface area (Å²) in [6.45, 7) is 6.54. The number of rotatable bonds is 8. The minimum atomic E-state index is -0.334. The fourth-order valence-electron chi connectivity index (χ4n) is 7.20. The van der Waals surface area contributed by atoms with Crippen LogP contribution in [0.1, 0.15) is 174 Å². The van der Waals surface area contributed by atoms with Crippen molar-refractivity contribution in [3.05, 3.63) is 48.6 Å². The maximum absolute atomic E-state index is 6.66. The SMILES string of the molecule is CCCCC1/C=C\CCCC/C=C\CCCCCC2(CCCCCC=CCCCC/C=C\CC1CCC)OC[C@H](CCN(C)C)O2. The molecule has 1 aliphatic carbocycles. The molecule has 0 aromatic rings. The lowest BCUT2D eigenvalue weighted by atomic mass is 9.82. The number of nitrogens with zero attached hydrogens (tertiary/aromatic N) is 1. The molecule has 1 saturated heterocycles. The summed E-state index contributed by atoms with van der Waals surface area (Å²) >= 11 is 0. The zero-order chi connectivity index (χ0) is 33.0. The van der Waals surface area contributed by atoms with Crippen LogP contribution < -0.4 is 0 Å². The average Bonchev–Trinajstić information content (AvgIpc) is 3.46. The van der Waals surface area contributed by atoms with Crippen molar-refractivity contribution in [2.45, 2.75) is 186 Å². The molecule has 1 fully saturated rings. The van der Waals surface area contributed by atoms with Gasteiger partial charge in [0.2, 0.25) is 0 Å². The minimum Gasteiger partial charge on any atom is -0.347 e. The van der Waals surface area contributed by atoms with Gasteiger partial charge in [0.1, 0.15) is 0 Å². The van der Waals surface area contributed by atoms with E-state index in [1.54, 1.807) is 0 Å². The maximum Gasteiger partial charge on any atom is 0.168 e. The monoisotopic (exact) mass is 640 g/mol. The minimum absolute atomic E-state index is 0.252. The summed E-state index contributed by atoms with van der Waals surface area (Å²) in [5, 5.41) is 0. The van der Waals surface area contributed by atoms with Gasteiger partial charge in [0, 0.05) is 19.4 Å². The van der Waals surface area contributed by atoms with Gasteiger partial charge in [0.25, 0.3) is 0 Å². The van der Waals surface area contributed by atoms with E-state index in [-0.39, 0.29) is 11.9 Å². The molecule has 0 aromatic heterocycles. The van der Waals surface area contributed by atoms with Crippen LogP contribution in [0, 0.1) is 11.8 Å². The van der Waals surface area contributed by atoms with E-state index in [0.717, 1.165) is 44.2 Å². The van der Waals surface area contributed by atoms with Crippen LogP contribution in [0.3, 0.4) is 0 Å². The Morgan fingerprint density at radius 3 is 1.70 bits per heavy atom. The first-order chi connectivity index (χ1) is 22.6. The second-order valence-electron chi connectivity index (χ2n) is 14.8. The van der Waals surface area contributed by atoms with Crippen molar-refractivity contribution >= 4 is 0 Å². The number of hydrogen-bond donors (Lipinski definition) is 0. The molecule has 0 saturated carbocycles. The summed E-state index contributed by atoms with van der Waals surface area (Å²) in [6, 6.07) is 0. The highest BCUT2D eigenvalue weighted by molar-refractivity contribution is 4.95. The smallest absolute Gasteiger partial charge is 0.168 e. The molecule has 1 spiro atoms. The predicted molar refractivity (Wildman–Crippen MR) is 202 cm³/mol. The van der Waals surface area contributed by atoms with E-state index in [1.165, 1.54) is 141 Å². The van der Waals surface area contributed by atoms with E-state index < -0.39 is 0 Å². The third-order valence-corrected chi connectivity index (χ3v) is 10.1. The first-order valence-electron chi connectivity index (χ1n) is 20.2. The summed E-state index contributed by atoms with van der Waals surface area (Å²) in [4.78, 5) is 2.25. The van der Waals surface area contributed by atoms with E-state index in [0.29, 0.717) is 0 Å².